The molecule has 431 valence electrons. The van der Waals surface area contributed by atoms with Gasteiger partial charge in [0.2, 0.25) is 0 Å². The molecule has 0 saturated heterocycles. The summed E-state index contributed by atoms with van der Waals surface area (Å²) in [6.45, 7) is 8.16. The SMILES string of the molecule is Cc1cccc([PH+](c2cccc(C)c2)c2cccc(S(=O)(=O)[O-])c2)c1.Cc1cccc([PH+](c2cccc(C)c2)c2cccc(S(=O)(=O)[O-])c2)c1.O=S(=O)([O-])c1cccc([PH+](c2cccc(S(=O)(=O)[O-])c2)c2cccc(S(=O)(=O)[O-])c2)c1.[Au]. The molecule has 9 rings (SSSR count). The van der Waals surface area contributed by atoms with Gasteiger partial charge in [0.05, 0.1) is 48.2 Å². The van der Waals surface area contributed by atoms with Gasteiger partial charge in [-0.15, -0.1) is 0 Å². The van der Waals surface area contributed by atoms with Crippen molar-refractivity contribution in [2.45, 2.75) is 52.2 Å². The Morgan fingerprint density at radius 3 is 0.500 bits per heavy atom. The third kappa shape index (κ3) is 17.8. The van der Waals surface area contributed by atoms with Crippen molar-refractivity contribution < 1.29 is 87.2 Å². The summed E-state index contributed by atoms with van der Waals surface area (Å²) in [5, 5.41) is 7.31. The molecular formula is C58H51AuO15P3S5-2. The van der Waals surface area contributed by atoms with Crippen molar-refractivity contribution in [3.05, 3.63) is 241 Å². The Hall–Kier alpha value is -5.44. The minimum Gasteiger partial charge on any atom is -0.744 e. The zero-order chi connectivity index (χ0) is 59.1. The summed E-state index contributed by atoms with van der Waals surface area (Å²) in [5.41, 5.74) is 4.61. The summed E-state index contributed by atoms with van der Waals surface area (Å²) in [4.78, 5) is -1.95. The van der Waals surface area contributed by atoms with Crippen LogP contribution in [0.25, 0.3) is 0 Å². The first kappa shape index (κ1) is 65.7. The van der Waals surface area contributed by atoms with E-state index in [-0.39, 0.29) is 32.2 Å². The predicted octanol–water partition coefficient (Wildman–Crippen LogP) is 5.28. The van der Waals surface area contributed by atoms with Gasteiger partial charge in [0.15, 0.2) is 0 Å². The summed E-state index contributed by atoms with van der Waals surface area (Å²) in [6, 6.07) is 60.9. The monoisotopic (exact) mass is 1440 g/mol. The van der Waals surface area contributed by atoms with Gasteiger partial charge in [0.1, 0.15) is 98.3 Å². The molecule has 15 nitrogen and oxygen atoms in total. The van der Waals surface area contributed by atoms with E-state index in [1.807, 2.05) is 88.4 Å². The van der Waals surface area contributed by atoms with Crippen LogP contribution < -0.4 is 47.7 Å². The van der Waals surface area contributed by atoms with Crippen molar-refractivity contribution in [3.63, 3.8) is 0 Å². The first-order chi connectivity index (χ1) is 37.9. The first-order valence-electron chi connectivity index (χ1n) is 24.2. The van der Waals surface area contributed by atoms with Gasteiger partial charge in [0.25, 0.3) is 0 Å². The third-order valence-corrected chi connectivity index (χ3v) is 24.4. The van der Waals surface area contributed by atoms with Crippen LogP contribution in [-0.4, -0.2) is 64.9 Å². The Labute approximate surface area is 498 Å². The summed E-state index contributed by atoms with van der Waals surface area (Å²) in [5.74, 6) is 0. The smallest absolute Gasteiger partial charge is 0.124 e. The molecule has 0 aliphatic rings. The van der Waals surface area contributed by atoms with Crippen molar-refractivity contribution in [2.75, 3.05) is 0 Å². The van der Waals surface area contributed by atoms with Crippen molar-refractivity contribution >= 4 is 122 Å². The number of rotatable bonds is 14. The summed E-state index contributed by atoms with van der Waals surface area (Å²) in [7, 11) is -28.5. The van der Waals surface area contributed by atoms with Crippen molar-refractivity contribution in [1.29, 1.82) is 0 Å². The van der Waals surface area contributed by atoms with Gasteiger partial charge < -0.3 is 22.8 Å². The fourth-order valence-electron chi connectivity index (χ4n) is 8.74. The molecule has 1 radical (unpaired) electrons. The maximum Gasteiger partial charge on any atom is 0.124 e. The molecular weight excluding hydrogens is 1390 g/mol. The average molecular weight is 1440 g/mol. The van der Waals surface area contributed by atoms with Crippen LogP contribution in [0.1, 0.15) is 22.3 Å². The second kappa shape index (κ2) is 27.5. The fraction of sp³-hybridized carbons (Fsp3) is 0.0690. The third-order valence-electron chi connectivity index (χ3n) is 12.3. The molecule has 0 amide bonds. The van der Waals surface area contributed by atoms with E-state index >= 15 is 0 Å². The second-order valence-electron chi connectivity index (χ2n) is 18.5. The van der Waals surface area contributed by atoms with Gasteiger partial charge in [-0.25, -0.2) is 42.1 Å². The molecule has 0 aromatic heterocycles. The van der Waals surface area contributed by atoms with Crippen molar-refractivity contribution in [3.8, 4) is 0 Å². The van der Waals surface area contributed by atoms with Crippen LogP contribution in [-0.2, 0) is 73.0 Å². The quantitative estimate of drug-likeness (QED) is 0.0760. The molecule has 9 aromatic carbocycles. The zero-order valence-corrected chi connectivity index (χ0v) is 53.0. The van der Waals surface area contributed by atoms with Crippen LogP contribution >= 0.6 is 23.8 Å². The molecule has 9 aromatic rings. The summed E-state index contributed by atoms with van der Waals surface area (Å²) >= 11 is 0. The van der Waals surface area contributed by atoms with Crippen LogP contribution in [0.2, 0.25) is 0 Å². The van der Waals surface area contributed by atoms with Gasteiger partial charge >= 0.3 is 0 Å². The maximum atomic E-state index is 11.5. The second-order valence-corrected chi connectivity index (χ2v) is 32.9. The molecule has 0 aliphatic heterocycles. The number of aryl methyl sites for hydroxylation is 4. The minimum absolute atomic E-state index is 0. The summed E-state index contributed by atoms with van der Waals surface area (Å²) < 4.78 is 172. The van der Waals surface area contributed by atoms with E-state index in [2.05, 4.69) is 48.5 Å². The molecule has 0 spiro atoms. The molecule has 0 unspecified atom stereocenters. The van der Waals surface area contributed by atoms with Crippen LogP contribution in [0.5, 0.6) is 0 Å². The Kier molecular flexibility index (Phi) is 22.0. The Morgan fingerprint density at radius 2 is 0.366 bits per heavy atom. The van der Waals surface area contributed by atoms with E-state index in [4.69, 9.17) is 0 Å². The average Bonchev–Trinajstić information content (AvgIpc) is 3.61. The number of benzene rings is 9. The van der Waals surface area contributed by atoms with Crippen LogP contribution in [0.4, 0.5) is 0 Å². The first-order valence-corrected chi connectivity index (χ1v) is 35.7. The Bertz CT molecular complexity index is 3940. The standard InChI is InChI=1S/2C20H19O3PS.C18H15O9PS3.Au/c2*1-15-6-3-8-17(12-15)24(18-9-4-7-16(2)13-18)19-10-5-11-20(14-19)25(21,22)23;19-29(20,21)16-7-1-4-13(10-16)28(14-5-2-8-17(11-14)30(22,23)24)15-6-3-9-18(12-15)31(25,26)27;/h2*3-14H,1-2H3,(H,21,22,23);1-12H,(H,19,20,21)(H,22,23,24)(H,25,26,27);/p-2. The number of hydrogen-bond acceptors (Lipinski definition) is 15. The minimum atomic E-state index is -4.81. The van der Waals surface area contributed by atoms with Crippen LogP contribution in [0.15, 0.2) is 243 Å². The largest absolute Gasteiger partial charge is 0.744 e. The van der Waals surface area contributed by atoms with Gasteiger partial charge in [-0.05, 0) is 189 Å². The molecule has 82 heavy (non-hydrogen) atoms. The molecule has 0 heterocycles. The van der Waals surface area contributed by atoms with E-state index < -0.39 is 89.0 Å². The topological polar surface area (TPSA) is 286 Å². The van der Waals surface area contributed by atoms with Crippen molar-refractivity contribution in [1.82, 2.24) is 0 Å². The van der Waals surface area contributed by atoms with E-state index in [0.717, 1.165) is 90.5 Å². The maximum absolute atomic E-state index is 11.5. The van der Waals surface area contributed by atoms with E-state index in [1.165, 1.54) is 60.7 Å². The molecule has 24 heteroatoms. The van der Waals surface area contributed by atoms with Gasteiger partial charge in [0, 0.05) is 22.4 Å². The molecule has 0 aliphatic carbocycles. The van der Waals surface area contributed by atoms with E-state index in [9.17, 15) is 64.9 Å². The van der Waals surface area contributed by atoms with Gasteiger partial charge in [-0.3, -0.25) is 0 Å². The molecule has 0 bridgehead atoms. The molecule has 0 N–H and O–H groups in total. The van der Waals surface area contributed by atoms with Gasteiger partial charge in [-0.1, -0.05) is 78.9 Å². The van der Waals surface area contributed by atoms with Crippen molar-refractivity contribution in [2.24, 2.45) is 0 Å². The Balaban J connectivity index is 0.000000198. The molecule has 0 saturated carbocycles. The van der Waals surface area contributed by atoms with E-state index in [0.29, 0.717) is 15.9 Å². The number of hydrogen-bond donors (Lipinski definition) is 0. The Morgan fingerprint density at radius 1 is 0.232 bits per heavy atom. The normalized spacial score (nSPS) is 12.0. The zero-order valence-electron chi connectivity index (χ0n) is 43.8. The van der Waals surface area contributed by atoms with Crippen LogP contribution in [0.3, 0.4) is 0 Å². The molecule has 0 atom stereocenters. The van der Waals surface area contributed by atoms with Crippen LogP contribution in [0, 0.1) is 27.7 Å². The van der Waals surface area contributed by atoms with Gasteiger partial charge in [-0.2, -0.15) is 0 Å². The summed E-state index contributed by atoms with van der Waals surface area (Å²) in [6.07, 6.45) is 0. The fourth-order valence-corrected chi connectivity index (χ4v) is 20.2. The van der Waals surface area contributed by atoms with E-state index in [1.54, 1.807) is 12.1 Å². The predicted molar refractivity (Wildman–Crippen MR) is 318 cm³/mol. The molecule has 0 fully saturated rings.